The first-order valence-electron chi connectivity index (χ1n) is 8.48. The molecule has 0 saturated carbocycles. The standard InChI is InChI=1S/C18H22N2O5S/c1-3-25-14-5-4-13(10-15(14)23-2)11-16-17(21)20(18(22)26-16)12-19-6-8-24-9-7-19/h4-5,10-11H,3,6-9,12H2,1-2H3. The lowest BCUT2D eigenvalue weighted by atomic mass is 10.2. The third-order valence-corrected chi connectivity index (χ3v) is 5.01. The Hall–Kier alpha value is -2.03. The second-order valence-electron chi connectivity index (χ2n) is 5.82. The van der Waals surface area contributed by atoms with Gasteiger partial charge < -0.3 is 14.2 Å². The quantitative estimate of drug-likeness (QED) is 0.704. The van der Waals surface area contributed by atoms with E-state index in [4.69, 9.17) is 14.2 Å². The molecule has 7 nitrogen and oxygen atoms in total. The van der Waals surface area contributed by atoms with Crippen LogP contribution in [0.1, 0.15) is 12.5 Å². The molecule has 0 atom stereocenters. The van der Waals surface area contributed by atoms with Crippen LogP contribution in [0, 0.1) is 0 Å². The minimum atomic E-state index is -0.264. The highest BCUT2D eigenvalue weighted by molar-refractivity contribution is 8.18. The van der Waals surface area contributed by atoms with Crippen molar-refractivity contribution in [2.45, 2.75) is 6.92 Å². The van der Waals surface area contributed by atoms with E-state index in [0.717, 1.165) is 30.4 Å². The zero-order valence-electron chi connectivity index (χ0n) is 14.9. The Bertz CT molecular complexity index is 716. The molecule has 2 aliphatic heterocycles. The molecule has 140 valence electrons. The molecular formula is C18H22N2O5S. The monoisotopic (exact) mass is 378 g/mol. The molecule has 1 aromatic rings. The van der Waals surface area contributed by atoms with E-state index in [-0.39, 0.29) is 11.1 Å². The number of ether oxygens (including phenoxy) is 3. The molecule has 0 spiro atoms. The normalized spacial score (nSPS) is 20.1. The maximum atomic E-state index is 12.6. The van der Waals surface area contributed by atoms with Crippen LogP contribution in [0.3, 0.4) is 0 Å². The first-order chi connectivity index (χ1) is 12.6. The van der Waals surface area contributed by atoms with E-state index in [2.05, 4.69) is 0 Å². The number of benzene rings is 1. The van der Waals surface area contributed by atoms with Crippen molar-refractivity contribution in [3.05, 3.63) is 28.7 Å². The van der Waals surface area contributed by atoms with Crippen molar-refractivity contribution in [1.82, 2.24) is 9.80 Å². The van der Waals surface area contributed by atoms with Crippen LogP contribution in [-0.4, -0.2) is 67.6 Å². The minimum Gasteiger partial charge on any atom is -0.493 e. The summed E-state index contributed by atoms with van der Waals surface area (Å²) >= 11 is 0.962. The number of imide groups is 1. The lowest BCUT2D eigenvalue weighted by Crippen LogP contribution is -2.45. The van der Waals surface area contributed by atoms with Crippen LogP contribution in [0.2, 0.25) is 0 Å². The van der Waals surface area contributed by atoms with Crippen molar-refractivity contribution in [1.29, 1.82) is 0 Å². The van der Waals surface area contributed by atoms with Gasteiger partial charge >= 0.3 is 0 Å². The van der Waals surface area contributed by atoms with Gasteiger partial charge in [0.1, 0.15) is 0 Å². The summed E-state index contributed by atoms with van der Waals surface area (Å²) < 4.78 is 16.1. The van der Waals surface area contributed by atoms with Gasteiger partial charge in [-0.15, -0.1) is 0 Å². The fourth-order valence-electron chi connectivity index (χ4n) is 2.76. The minimum absolute atomic E-state index is 0.245. The van der Waals surface area contributed by atoms with Gasteiger partial charge in [0.05, 0.1) is 38.5 Å². The molecule has 0 N–H and O–H groups in total. The van der Waals surface area contributed by atoms with E-state index < -0.39 is 0 Å². The van der Waals surface area contributed by atoms with Crippen molar-refractivity contribution in [2.24, 2.45) is 0 Å². The van der Waals surface area contributed by atoms with Crippen LogP contribution in [-0.2, 0) is 9.53 Å². The number of nitrogens with zero attached hydrogens (tertiary/aromatic N) is 2. The van der Waals surface area contributed by atoms with Gasteiger partial charge in [-0.1, -0.05) is 6.07 Å². The van der Waals surface area contributed by atoms with Gasteiger partial charge in [-0.3, -0.25) is 19.4 Å². The number of morpholine rings is 1. The number of hydrogen-bond acceptors (Lipinski definition) is 7. The number of methoxy groups -OCH3 is 1. The number of carbonyl (C=O) groups excluding carboxylic acids is 2. The molecular weight excluding hydrogens is 356 g/mol. The van der Waals surface area contributed by atoms with E-state index >= 15 is 0 Å². The summed E-state index contributed by atoms with van der Waals surface area (Å²) in [5.41, 5.74) is 0.780. The van der Waals surface area contributed by atoms with Gasteiger partial charge in [-0.25, -0.2) is 0 Å². The SMILES string of the molecule is CCOc1ccc(C=C2SC(=O)N(CN3CCOCC3)C2=O)cc1OC. The van der Waals surface area contributed by atoms with Gasteiger partial charge in [0.25, 0.3) is 11.1 Å². The first-order valence-corrected chi connectivity index (χ1v) is 9.30. The van der Waals surface area contributed by atoms with Crippen molar-refractivity contribution in [3.8, 4) is 11.5 Å². The maximum absolute atomic E-state index is 12.6. The third kappa shape index (κ3) is 4.20. The van der Waals surface area contributed by atoms with Crippen LogP contribution in [0.15, 0.2) is 23.1 Å². The van der Waals surface area contributed by atoms with E-state index in [1.54, 1.807) is 25.3 Å². The third-order valence-electron chi connectivity index (χ3n) is 4.10. The molecule has 2 saturated heterocycles. The highest BCUT2D eigenvalue weighted by Crippen LogP contribution is 2.34. The fourth-order valence-corrected chi connectivity index (χ4v) is 3.60. The number of amides is 2. The lowest BCUT2D eigenvalue weighted by Gasteiger charge is -2.29. The van der Waals surface area contributed by atoms with Crippen molar-refractivity contribution < 1.29 is 23.8 Å². The van der Waals surface area contributed by atoms with E-state index in [9.17, 15) is 9.59 Å². The summed E-state index contributed by atoms with van der Waals surface area (Å²) in [6.07, 6.45) is 1.71. The Morgan fingerprint density at radius 2 is 2.00 bits per heavy atom. The van der Waals surface area contributed by atoms with Crippen molar-refractivity contribution in [3.63, 3.8) is 0 Å². The number of thioether (sulfide) groups is 1. The summed E-state index contributed by atoms with van der Waals surface area (Å²) in [5, 5.41) is -0.245. The largest absolute Gasteiger partial charge is 0.493 e. The highest BCUT2D eigenvalue weighted by atomic mass is 32.2. The molecule has 3 rings (SSSR count). The molecule has 2 heterocycles. The molecule has 0 radical (unpaired) electrons. The van der Waals surface area contributed by atoms with Crippen LogP contribution in [0.4, 0.5) is 4.79 Å². The second kappa shape index (κ2) is 8.57. The molecule has 2 fully saturated rings. The van der Waals surface area contributed by atoms with Crippen LogP contribution < -0.4 is 9.47 Å². The Kier molecular flexibility index (Phi) is 6.18. The van der Waals surface area contributed by atoms with Crippen molar-refractivity contribution in [2.75, 3.05) is 46.7 Å². The average molecular weight is 378 g/mol. The molecule has 0 aliphatic carbocycles. The van der Waals surface area contributed by atoms with Crippen LogP contribution in [0.25, 0.3) is 6.08 Å². The highest BCUT2D eigenvalue weighted by Gasteiger charge is 2.36. The number of hydrogen-bond donors (Lipinski definition) is 0. The summed E-state index contributed by atoms with van der Waals surface area (Å²) in [4.78, 5) is 28.6. The van der Waals surface area contributed by atoms with Gasteiger partial charge in [-0.05, 0) is 42.5 Å². The van der Waals surface area contributed by atoms with Gasteiger partial charge in [0, 0.05) is 13.1 Å². The fraction of sp³-hybridized carbons (Fsp3) is 0.444. The van der Waals surface area contributed by atoms with Crippen molar-refractivity contribution >= 4 is 29.0 Å². The molecule has 0 aromatic heterocycles. The molecule has 2 aliphatic rings. The molecule has 8 heteroatoms. The molecule has 26 heavy (non-hydrogen) atoms. The van der Waals surface area contributed by atoms with Gasteiger partial charge in [0.15, 0.2) is 11.5 Å². The van der Waals surface area contributed by atoms with Crippen LogP contribution >= 0.6 is 11.8 Å². The Labute approximate surface area is 156 Å². The first kappa shape index (κ1) is 18.8. The van der Waals surface area contributed by atoms with E-state index in [0.29, 0.717) is 42.9 Å². The average Bonchev–Trinajstić information content (AvgIpc) is 2.91. The summed E-state index contributed by atoms with van der Waals surface area (Å²) in [5.74, 6) is 0.972. The second-order valence-corrected chi connectivity index (χ2v) is 6.82. The molecule has 2 amide bonds. The predicted octanol–water partition coefficient (Wildman–Crippen LogP) is 2.42. The molecule has 0 unspecified atom stereocenters. The van der Waals surface area contributed by atoms with E-state index in [1.165, 1.54) is 4.90 Å². The smallest absolute Gasteiger partial charge is 0.294 e. The summed E-state index contributed by atoms with van der Waals surface area (Å²) in [6.45, 7) is 5.43. The van der Waals surface area contributed by atoms with E-state index in [1.807, 2.05) is 17.9 Å². The zero-order valence-corrected chi connectivity index (χ0v) is 15.7. The van der Waals surface area contributed by atoms with Crippen LogP contribution in [0.5, 0.6) is 11.5 Å². The lowest BCUT2D eigenvalue weighted by molar-refractivity contribution is -0.125. The molecule has 1 aromatic carbocycles. The predicted molar refractivity (Wildman–Crippen MR) is 99.2 cm³/mol. The Morgan fingerprint density at radius 1 is 1.23 bits per heavy atom. The summed E-state index contributed by atoms with van der Waals surface area (Å²) in [7, 11) is 1.57. The Morgan fingerprint density at radius 3 is 2.69 bits per heavy atom. The van der Waals surface area contributed by atoms with Gasteiger partial charge in [-0.2, -0.15) is 0 Å². The maximum Gasteiger partial charge on any atom is 0.294 e. The number of rotatable bonds is 6. The topological polar surface area (TPSA) is 68.3 Å². The molecule has 0 bridgehead atoms. The Balaban J connectivity index is 1.74. The zero-order chi connectivity index (χ0) is 18.5. The van der Waals surface area contributed by atoms with Gasteiger partial charge in [0.2, 0.25) is 0 Å². The summed E-state index contributed by atoms with van der Waals surface area (Å²) in [6, 6.07) is 5.43. The number of carbonyl (C=O) groups is 2.